The Labute approximate surface area is 147 Å². The molecule has 6 heteroatoms. The molecule has 0 spiro atoms. The molecule has 1 aromatic heterocycles. The van der Waals surface area contributed by atoms with E-state index in [9.17, 15) is 4.79 Å². The van der Waals surface area contributed by atoms with E-state index in [1.54, 1.807) is 0 Å². The Balaban J connectivity index is 1.34. The van der Waals surface area contributed by atoms with Crippen LogP contribution in [-0.4, -0.2) is 28.7 Å². The SMILES string of the molecule is Cc1noc(C2CCC(NC(=O)c3ccc4c(c3)CCOC4)CC2)n1. The van der Waals surface area contributed by atoms with Crippen molar-refractivity contribution < 1.29 is 14.1 Å². The van der Waals surface area contributed by atoms with Gasteiger partial charge in [0.25, 0.3) is 5.91 Å². The van der Waals surface area contributed by atoms with Crippen molar-refractivity contribution in [3.63, 3.8) is 0 Å². The summed E-state index contributed by atoms with van der Waals surface area (Å²) in [4.78, 5) is 16.9. The van der Waals surface area contributed by atoms with E-state index >= 15 is 0 Å². The minimum Gasteiger partial charge on any atom is -0.376 e. The summed E-state index contributed by atoms with van der Waals surface area (Å²) in [7, 11) is 0. The number of ether oxygens (including phenoxy) is 1. The maximum Gasteiger partial charge on any atom is 0.251 e. The van der Waals surface area contributed by atoms with Gasteiger partial charge in [-0.25, -0.2) is 0 Å². The van der Waals surface area contributed by atoms with Crippen molar-refractivity contribution in [2.75, 3.05) is 6.61 Å². The van der Waals surface area contributed by atoms with Crippen LogP contribution in [0.2, 0.25) is 0 Å². The maximum absolute atomic E-state index is 12.6. The van der Waals surface area contributed by atoms with Crippen LogP contribution in [0.5, 0.6) is 0 Å². The van der Waals surface area contributed by atoms with Crippen LogP contribution in [0.15, 0.2) is 22.7 Å². The first-order valence-corrected chi connectivity index (χ1v) is 8.99. The number of benzene rings is 1. The summed E-state index contributed by atoms with van der Waals surface area (Å²) in [6.45, 7) is 3.22. The van der Waals surface area contributed by atoms with E-state index in [0.29, 0.717) is 18.3 Å². The number of fused-ring (bicyclic) bond motifs is 1. The van der Waals surface area contributed by atoms with Gasteiger partial charge in [-0.3, -0.25) is 4.79 Å². The number of hydrogen-bond acceptors (Lipinski definition) is 5. The lowest BCUT2D eigenvalue weighted by Gasteiger charge is -2.27. The minimum absolute atomic E-state index is 0.0198. The zero-order valence-corrected chi connectivity index (χ0v) is 14.5. The molecule has 0 unspecified atom stereocenters. The van der Waals surface area contributed by atoms with Crippen LogP contribution in [0.1, 0.15) is 64.8 Å². The molecule has 1 aliphatic carbocycles. The van der Waals surface area contributed by atoms with Gasteiger partial charge >= 0.3 is 0 Å². The molecule has 1 aliphatic heterocycles. The molecular weight excluding hydrogens is 318 g/mol. The van der Waals surface area contributed by atoms with Crippen molar-refractivity contribution in [2.45, 2.75) is 57.6 Å². The Morgan fingerprint density at radius 2 is 2.04 bits per heavy atom. The summed E-state index contributed by atoms with van der Waals surface area (Å²) in [5, 5.41) is 7.05. The summed E-state index contributed by atoms with van der Waals surface area (Å²) in [6.07, 6.45) is 4.70. The molecule has 1 N–H and O–H groups in total. The molecule has 25 heavy (non-hydrogen) atoms. The van der Waals surface area contributed by atoms with Gasteiger partial charge in [-0.1, -0.05) is 11.2 Å². The Hall–Kier alpha value is -2.21. The van der Waals surface area contributed by atoms with Crippen LogP contribution >= 0.6 is 0 Å². The fourth-order valence-electron chi connectivity index (χ4n) is 3.74. The molecule has 2 heterocycles. The van der Waals surface area contributed by atoms with Crippen molar-refractivity contribution in [3.8, 4) is 0 Å². The summed E-state index contributed by atoms with van der Waals surface area (Å²) < 4.78 is 10.7. The van der Waals surface area contributed by atoms with Gasteiger partial charge in [-0.15, -0.1) is 0 Å². The van der Waals surface area contributed by atoms with Gasteiger partial charge in [-0.2, -0.15) is 4.98 Å². The van der Waals surface area contributed by atoms with Gasteiger partial charge in [0.2, 0.25) is 5.89 Å². The molecule has 4 rings (SSSR count). The highest BCUT2D eigenvalue weighted by molar-refractivity contribution is 5.94. The lowest BCUT2D eigenvalue weighted by molar-refractivity contribution is 0.0922. The largest absolute Gasteiger partial charge is 0.376 e. The fourth-order valence-corrected chi connectivity index (χ4v) is 3.74. The van der Waals surface area contributed by atoms with Gasteiger partial charge in [0.1, 0.15) is 0 Å². The van der Waals surface area contributed by atoms with E-state index in [0.717, 1.165) is 50.2 Å². The number of aromatic nitrogens is 2. The quantitative estimate of drug-likeness (QED) is 0.929. The summed E-state index contributed by atoms with van der Waals surface area (Å²) >= 11 is 0. The molecule has 1 aromatic carbocycles. The van der Waals surface area contributed by atoms with Gasteiger partial charge in [0.05, 0.1) is 13.2 Å². The van der Waals surface area contributed by atoms with Crippen molar-refractivity contribution in [2.24, 2.45) is 0 Å². The lowest BCUT2D eigenvalue weighted by atomic mass is 9.86. The molecular formula is C19H23N3O3. The molecule has 1 fully saturated rings. The van der Waals surface area contributed by atoms with E-state index in [1.807, 2.05) is 25.1 Å². The standard InChI is InChI=1S/C19H23N3O3/c1-12-20-19(25-22-12)13-4-6-17(7-5-13)21-18(23)15-2-3-16-11-24-9-8-14(16)10-15/h2-3,10,13,17H,4-9,11H2,1H3,(H,21,23). The van der Waals surface area contributed by atoms with Crippen LogP contribution in [0.3, 0.4) is 0 Å². The van der Waals surface area contributed by atoms with E-state index in [4.69, 9.17) is 9.26 Å². The van der Waals surface area contributed by atoms with Gasteiger partial charge in [0, 0.05) is 17.5 Å². The second kappa shape index (κ2) is 6.96. The van der Waals surface area contributed by atoms with Crippen molar-refractivity contribution in [1.82, 2.24) is 15.5 Å². The molecule has 6 nitrogen and oxygen atoms in total. The number of amides is 1. The van der Waals surface area contributed by atoms with Crippen LogP contribution in [-0.2, 0) is 17.8 Å². The smallest absolute Gasteiger partial charge is 0.251 e. The maximum atomic E-state index is 12.6. The number of nitrogens with zero attached hydrogens (tertiary/aromatic N) is 2. The average molecular weight is 341 g/mol. The van der Waals surface area contributed by atoms with E-state index in [2.05, 4.69) is 15.5 Å². The second-order valence-corrected chi connectivity index (χ2v) is 6.99. The Morgan fingerprint density at radius 3 is 2.80 bits per heavy atom. The number of aryl methyl sites for hydroxylation is 1. The zero-order chi connectivity index (χ0) is 17.2. The molecule has 0 bridgehead atoms. The lowest BCUT2D eigenvalue weighted by Crippen LogP contribution is -2.37. The number of carbonyl (C=O) groups excluding carboxylic acids is 1. The first-order chi connectivity index (χ1) is 12.2. The predicted octanol–water partition coefficient (Wildman–Crippen LogP) is 2.91. The molecule has 2 aromatic rings. The van der Waals surface area contributed by atoms with Crippen LogP contribution in [0, 0.1) is 6.92 Å². The summed E-state index contributed by atoms with van der Waals surface area (Å²) in [5.41, 5.74) is 3.17. The van der Waals surface area contributed by atoms with Crippen LogP contribution in [0.4, 0.5) is 0 Å². The van der Waals surface area contributed by atoms with E-state index < -0.39 is 0 Å². The molecule has 132 valence electrons. The predicted molar refractivity (Wildman–Crippen MR) is 91.3 cm³/mol. The Kier molecular flexibility index (Phi) is 4.53. The number of carbonyl (C=O) groups is 1. The van der Waals surface area contributed by atoms with Crippen molar-refractivity contribution in [1.29, 1.82) is 0 Å². The van der Waals surface area contributed by atoms with Crippen molar-refractivity contribution >= 4 is 5.91 Å². The van der Waals surface area contributed by atoms with Crippen LogP contribution in [0.25, 0.3) is 0 Å². The number of hydrogen-bond donors (Lipinski definition) is 1. The molecule has 2 aliphatic rings. The fraction of sp³-hybridized carbons (Fsp3) is 0.526. The zero-order valence-electron chi connectivity index (χ0n) is 14.5. The number of nitrogens with one attached hydrogen (secondary N) is 1. The first-order valence-electron chi connectivity index (χ1n) is 8.99. The van der Waals surface area contributed by atoms with Crippen LogP contribution < -0.4 is 5.32 Å². The molecule has 0 saturated heterocycles. The summed E-state index contributed by atoms with van der Waals surface area (Å²) in [5.74, 6) is 1.76. The van der Waals surface area contributed by atoms with E-state index in [1.165, 1.54) is 11.1 Å². The summed E-state index contributed by atoms with van der Waals surface area (Å²) in [6, 6.07) is 6.14. The monoisotopic (exact) mass is 341 g/mol. The highest BCUT2D eigenvalue weighted by Gasteiger charge is 2.27. The first kappa shape index (κ1) is 16.3. The minimum atomic E-state index is 0.0198. The van der Waals surface area contributed by atoms with Gasteiger partial charge < -0.3 is 14.6 Å². The Morgan fingerprint density at radius 1 is 1.20 bits per heavy atom. The highest BCUT2D eigenvalue weighted by atomic mass is 16.5. The normalized spacial score (nSPS) is 23.1. The third-order valence-electron chi connectivity index (χ3n) is 5.20. The van der Waals surface area contributed by atoms with E-state index in [-0.39, 0.29) is 11.9 Å². The van der Waals surface area contributed by atoms with Crippen molar-refractivity contribution in [3.05, 3.63) is 46.6 Å². The third-order valence-corrected chi connectivity index (χ3v) is 5.20. The highest BCUT2D eigenvalue weighted by Crippen LogP contribution is 2.32. The molecule has 0 radical (unpaired) electrons. The third kappa shape index (κ3) is 3.58. The molecule has 1 saturated carbocycles. The van der Waals surface area contributed by atoms with Gasteiger partial charge in [0.15, 0.2) is 5.82 Å². The topological polar surface area (TPSA) is 77.2 Å². The second-order valence-electron chi connectivity index (χ2n) is 6.99. The molecule has 0 atom stereocenters. The average Bonchev–Trinajstić information content (AvgIpc) is 3.08. The molecule has 1 amide bonds. The number of rotatable bonds is 3. The Bertz CT molecular complexity index is 763. The van der Waals surface area contributed by atoms with Gasteiger partial charge in [-0.05, 0) is 62.3 Å².